The largest absolute Gasteiger partial charge is 0.462 e. The third-order valence-electron chi connectivity index (χ3n) is 3.96. The van der Waals surface area contributed by atoms with Gasteiger partial charge in [-0.25, -0.2) is 4.79 Å². The fourth-order valence-corrected chi connectivity index (χ4v) is 2.95. The summed E-state index contributed by atoms with van der Waals surface area (Å²) in [6, 6.07) is 9.27. The third-order valence-corrected chi connectivity index (χ3v) is 3.96. The molecule has 0 aromatic heterocycles. The van der Waals surface area contributed by atoms with Crippen LogP contribution >= 0.6 is 0 Å². The van der Waals surface area contributed by atoms with Gasteiger partial charge in [0, 0.05) is 25.8 Å². The second-order valence-corrected chi connectivity index (χ2v) is 5.80. The molecule has 1 heterocycles. The molecule has 0 spiro atoms. The first-order valence-electron chi connectivity index (χ1n) is 7.80. The molecule has 1 aliphatic rings. The predicted octanol–water partition coefficient (Wildman–Crippen LogP) is 3.29. The lowest BCUT2D eigenvalue weighted by atomic mass is 9.94. The van der Waals surface area contributed by atoms with Crippen molar-refractivity contribution in [2.45, 2.75) is 51.5 Å². The molecule has 1 saturated heterocycles. The zero-order chi connectivity index (χ0) is 16.8. The van der Waals surface area contributed by atoms with Crippen molar-refractivity contribution in [2.75, 3.05) is 0 Å². The maximum atomic E-state index is 12.4. The van der Waals surface area contributed by atoms with E-state index >= 15 is 0 Å². The van der Waals surface area contributed by atoms with Gasteiger partial charge in [-0.15, -0.1) is 6.58 Å². The lowest BCUT2D eigenvalue weighted by Gasteiger charge is -2.41. The zero-order valence-corrected chi connectivity index (χ0v) is 13.6. The molecule has 2 rings (SSSR count). The number of benzene rings is 1. The first-order chi connectivity index (χ1) is 11.0. The van der Waals surface area contributed by atoms with Crippen LogP contribution in [0.4, 0.5) is 4.79 Å². The molecule has 0 unspecified atom stereocenters. The van der Waals surface area contributed by atoms with Gasteiger partial charge < -0.3 is 9.47 Å². The summed E-state index contributed by atoms with van der Waals surface area (Å²) in [5.74, 6) is -0.301. The average molecular weight is 317 g/mol. The van der Waals surface area contributed by atoms with Crippen LogP contribution in [0.2, 0.25) is 0 Å². The first kappa shape index (κ1) is 17.1. The van der Waals surface area contributed by atoms with E-state index in [1.165, 1.54) is 6.92 Å². The minimum absolute atomic E-state index is 0.0839. The highest BCUT2D eigenvalue weighted by molar-refractivity contribution is 5.69. The summed E-state index contributed by atoms with van der Waals surface area (Å²) in [7, 11) is 0. The molecule has 0 radical (unpaired) electrons. The Hall–Kier alpha value is -2.30. The minimum atomic E-state index is -0.368. The van der Waals surface area contributed by atoms with Crippen molar-refractivity contribution in [1.29, 1.82) is 0 Å². The lowest BCUT2D eigenvalue weighted by molar-refractivity contribution is -0.149. The van der Waals surface area contributed by atoms with Crippen LogP contribution in [0, 0.1) is 0 Å². The van der Waals surface area contributed by atoms with Crippen molar-refractivity contribution in [3.8, 4) is 0 Å². The summed E-state index contributed by atoms with van der Waals surface area (Å²) in [5, 5.41) is 0. The van der Waals surface area contributed by atoms with Crippen molar-refractivity contribution < 1.29 is 19.1 Å². The molecule has 124 valence electrons. The van der Waals surface area contributed by atoms with Crippen molar-refractivity contribution in [3.63, 3.8) is 0 Å². The van der Waals surface area contributed by atoms with E-state index in [1.807, 2.05) is 37.3 Å². The SMILES string of the molecule is C=C[C@H]1C[C@@H](OC(C)=O)C[C@@H](C)N1C(=O)OCc1ccccc1. The number of carbonyl (C=O) groups is 2. The Balaban J connectivity index is 1.98. The van der Waals surface area contributed by atoms with Gasteiger partial charge in [-0.05, 0) is 12.5 Å². The van der Waals surface area contributed by atoms with Gasteiger partial charge in [0.15, 0.2) is 0 Å². The number of likely N-dealkylation sites (tertiary alicyclic amines) is 1. The van der Waals surface area contributed by atoms with Gasteiger partial charge >= 0.3 is 12.1 Å². The zero-order valence-electron chi connectivity index (χ0n) is 13.6. The molecule has 5 nitrogen and oxygen atoms in total. The topological polar surface area (TPSA) is 55.8 Å². The van der Waals surface area contributed by atoms with Crippen molar-refractivity contribution in [1.82, 2.24) is 4.90 Å². The van der Waals surface area contributed by atoms with Gasteiger partial charge in [-0.1, -0.05) is 36.4 Å². The standard InChI is InChI=1S/C18H23NO4/c1-4-16-11-17(23-14(3)20)10-13(2)19(16)18(21)22-12-15-8-6-5-7-9-15/h4-9,13,16-17H,1,10-12H2,2-3H3/t13-,16+,17+/m1/s1. The Labute approximate surface area is 136 Å². The highest BCUT2D eigenvalue weighted by Crippen LogP contribution is 2.27. The number of hydrogen-bond acceptors (Lipinski definition) is 4. The van der Waals surface area contributed by atoms with Gasteiger partial charge in [0.1, 0.15) is 12.7 Å². The number of amides is 1. The van der Waals surface area contributed by atoms with Crippen LogP contribution in [-0.4, -0.2) is 35.2 Å². The monoisotopic (exact) mass is 317 g/mol. The molecule has 5 heteroatoms. The van der Waals surface area contributed by atoms with Crippen LogP contribution in [0.3, 0.4) is 0 Å². The van der Waals surface area contributed by atoms with Gasteiger partial charge in [0.05, 0.1) is 6.04 Å². The molecule has 0 bridgehead atoms. The molecule has 3 atom stereocenters. The van der Waals surface area contributed by atoms with E-state index < -0.39 is 0 Å². The highest BCUT2D eigenvalue weighted by Gasteiger charge is 2.37. The highest BCUT2D eigenvalue weighted by atomic mass is 16.6. The van der Waals surface area contributed by atoms with Crippen molar-refractivity contribution in [2.24, 2.45) is 0 Å². The molecule has 23 heavy (non-hydrogen) atoms. The van der Waals surface area contributed by atoms with E-state index in [4.69, 9.17) is 9.47 Å². The quantitative estimate of drug-likeness (QED) is 0.631. The molecule has 1 fully saturated rings. The second kappa shape index (κ2) is 7.81. The predicted molar refractivity (Wildman–Crippen MR) is 86.7 cm³/mol. The van der Waals surface area contributed by atoms with Crippen LogP contribution in [0.15, 0.2) is 43.0 Å². The fourth-order valence-electron chi connectivity index (χ4n) is 2.95. The van der Waals surface area contributed by atoms with E-state index in [9.17, 15) is 9.59 Å². The molecule has 0 N–H and O–H groups in total. The Kier molecular flexibility index (Phi) is 5.79. The molecular formula is C18H23NO4. The van der Waals surface area contributed by atoms with Crippen molar-refractivity contribution in [3.05, 3.63) is 48.6 Å². The van der Waals surface area contributed by atoms with E-state index in [2.05, 4.69) is 6.58 Å². The van der Waals surface area contributed by atoms with Crippen LogP contribution in [-0.2, 0) is 20.9 Å². The summed E-state index contributed by atoms with van der Waals surface area (Å²) in [5.41, 5.74) is 0.943. The van der Waals surface area contributed by atoms with Crippen molar-refractivity contribution >= 4 is 12.1 Å². The summed E-state index contributed by atoms with van der Waals surface area (Å²) >= 11 is 0. The molecule has 1 aromatic carbocycles. The van der Waals surface area contributed by atoms with Crippen LogP contribution in [0.1, 0.15) is 32.3 Å². The summed E-state index contributed by atoms with van der Waals surface area (Å²) in [6.45, 7) is 7.35. The lowest BCUT2D eigenvalue weighted by Crippen LogP contribution is -2.52. The van der Waals surface area contributed by atoms with Gasteiger partial charge in [-0.3, -0.25) is 9.69 Å². The van der Waals surface area contributed by atoms with Gasteiger partial charge in [0.25, 0.3) is 0 Å². The number of ether oxygens (including phenoxy) is 2. The molecule has 1 amide bonds. The Bertz CT molecular complexity index is 557. The molecule has 0 saturated carbocycles. The number of rotatable bonds is 4. The number of nitrogens with zero attached hydrogens (tertiary/aromatic N) is 1. The maximum Gasteiger partial charge on any atom is 0.410 e. The Morgan fingerprint density at radius 1 is 1.30 bits per heavy atom. The summed E-state index contributed by atoms with van der Waals surface area (Å²) in [4.78, 5) is 25.2. The number of hydrogen-bond donors (Lipinski definition) is 0. The molecule has 1 aliphatic heterocycles. The normalized spacial score (nSPS) is 23.9. The minimum Gasteiger partial charge on any atom is -0.462 e. The molecule has 0 aliphatic carbocycles. The van der Waals surface area contributed by atoms with Gasteiger partial charge in [-0.2, -0.15) is 0 Å². The van der Waals surface area contributed by atoms with Crippen LogP contribution in [0.5, 0.6) is 0 Å². The second-order valence-electron chi connectivity index (χ2n) is 5.80. The van der Waals surface area contributed by atoms with E-state index in [-0.39, 0.29) is 36.9 Å². The molecule has 1 aromatic rings. The van der Waals surface area contributed by atoms with E-state index in [1.54, 1.807) is 11.0 Å². The fraction of sp³-hybridized carbons (Fsp3) is 0.444. The number of piperidine rings is 1. The van der Waals surface area contributed by atoms with Crippen LogP contribution < -0.4 is 0 Å². The summed E-state index contributed by atoms with van der Waals surface area (Å²) < 4.78 is 10.7. The Morgan fingerprint density at radius 2 is 2.00 bits per heavy atom. The van der Waals surface area contributed by atoms with Gasteiger partial charge in [0.2, 0.25) is 0 Å². The van der Waals surface area contributed by atoms with E-state index in [0.717, 1.165) is 5.56 Å². The Morgan fingerprint density at radius 3 is 2.61 bits per heavy atom. The number of carbonyl (C=O) groups excluding carboxylic acids is 2. The van der Waals surface area contributed by atoms with Crippen LogP contribution in [0.25, 0.3) is 0 Å². The average Bonchev–Trinajstić information content (AvgIpc) is 2.52. The third kappa shape index (κ3) is 4.58. The molecular weight excluding hydrogens is 294 g/mol. The maximum absolute atomic E-state index is 12.4. The number of esters is 1. The smallest absolute Gasteiger partial charge is 0.410 e. The first-order valence-corrected chi connectivity index (χ1v) is 7.80. The summed E-state index contributed by atoms with van der Waals surface area (Å²) in [6.07, 6.45) is 2.30. The van der Waals surface area contributed by atoms with E-state index in [0.29, 0.717) is 12.8 Å².